The van der Waals surface area contributed by atoms with Gasteiger partial charge in [-0.25, -0.2) is 9.78 Å². The maximum atomic E-state index is 12.9. The van der Waals surface area contributed by atoms with E-state index in [0.717, 1.165) is 48.0 Å². The first kappa shape index (κ1) is 20.1. The van der Waals surface area contributed by atoms with Crippen molar-refractivity contribution in [2.24, 2.45) is 5.92 Å². The molecule has 1 amide bonds. The summed E-state index contributed by atoms with van der Waals surface area (Å²) in [6.07, 6.45) is 1.99. The first-order valence-corrected chi connectivity index (χ1v) is 10.4. The molecule has 0 spiro atoms. The van der Waals surface area contributed by atoms with Crippen molar-refractivity contribution in [2.45, 2.75) is 26.7 Å². The van der Waals surface area contributed by atoms with Gasteiger partial charge in [0.2, 0.25) is 0 Å². The number of rotatable bonds is 4. The van der Waals surface area contributed by atoms with E-state index in [1.165, 1.54) is 0 Å². The molecule has 1 aromatic heterocycles. The molecule has 0 atom stereocenters. The van der Waals surface area contributed by atoms with E-state index < -0.39 is 5.97 Å². The largest absolute Gasteiger partial charge is 0.452 e. The third-order valence-corrected chi connectivity index (χ3v) is 5.75. The van der Waals surface area contributed by atoms with E-state index in [0.29, 0.717) is 17.2 Å². The highest BCUT2D eigenvalue weighted by molar-refractivity contribution is 6.05. The van der Waals surface area contributed by atoms with E-state index in [1.54, 1.807) is 11.0 Å². The monoisotopic (exact) mass is 402 g/mol. The zero-order chi connectivity index (χ0) is 21.1. The third-order valence-electron chi connectivity index (χ3n) is 5.75. The van der Waals surface area contributed by atoms with Gasteiger partial charge in [0.15, 0.2) is 6.61 Å². The van der Waals surface area contributed by atoms with Gasteiger partial charge in [-0.2, -0.15) is 0 Å². The number of ether oxygens (including phenoxy) is 1. The molecule has 2 heterocycles. The summed E-state index contributed by atoms with van der Waals surface area (Å²) < 4.78 is 5.43. The first-order chi connectivity index (χ1) is 14.5. The Labute approximate surface area is 176 Å². The van der Waals surface area contributed by atoms with Crippen LogP contribution in [0, 0.1) is 12.8 Å². The van der Waals surface area contributed by atoms with Gasteiger partial charge in [0.1, 0.15) is 0 Å². The number of nitrogens with zero attached hydrogens (tertiary/aromatic N) is 2. The number of para-hydroxylation sites is 1. The van der Waals surface area contributed by atoms with Crippen molar-refractivity contribution in [3.8, 4) is 11.3 Å². The van der Waals surface area contributed by atoms with Crippen LogP contribution in [-0.2, 0) is 9.53 Å². The number of likely N-dealkylation sites (tertiary alicyclic amines) is 1. The molecule has 1 fully saturated rings. The molecule has 3 aromatic rings. The summed E-state index contributed by atoms with van der Waals surface area (Å²) in [6, 6.07) is 17.3. The van der Waals surface area contributed by atoms with E-state index >= 15 is 0 Å². The summed E-state index contributed by atoms with van der Waals surface area (Å²) in [4.78, 5) is 31.9. The number of fused-ring (bicyclic) bond motifs is 1. The van der Waals surface area contributed by atoms with E-state index in [-0.39, 0.29) is 12.5 Å². The van der Waals surface area contributed by atoms with Crippen LogP contribution in [0.3, 0.4) is 0 Å². The maximum Gasteiger partial charge on any atom is 0.339 e. The van der Waals surface area contributed by atoms with Gasteiger partial charge < -0.3 is 9.64 Å². The zero-order valence-electron chi connectivity index (χ0n) is 17.4. The Balaban J connectivity index is 1.57. The quantitative estimate of drug-likeness (QED) is 0.597. The Morgan fingerprint density at radius 3 is 2.50 bits per heavy atom. The van der Waals surface area contributed by atoms with Crippen LogP contribution in [0.4, 0.5) is 0 Å². The molecule has 154 valence electrons. The van der Waals surface area contributed by atoms with Crippen molar-refractivity contribution in [3.63, 3.8) is 0 Å². The van der Waals surface area contributed by atoms with Crippen molar-refractivity contribution < 1.29 is 14.3 Å². The number of esters is 1. The van der Waals surface area contributed by atoms with Crippen molar-refractivity contribution >= 4 is 22.8 Å². The van der Waals surface area contributed by atoms with Crippen molar-refractivity contribution in [3.05, 3.63) is 65.7 Å². The van der Waals surface area contributed by atoms with Crippen LogP contribution >= 0.6 is 0 Å². The Kier molecular flexibility index (Phi) is 5.79. The molecule has 5 nitrogen and oxygen atoms in total. The number of carbonyl (C=O) groups is 2. The molecule has 2 aromatic carbocycles. The van der Waals surface area contributed by atoms with Crippen LogP contribution in [0.5, 0.6) is 0 Å². The van der Waals surface area contributed by atoms with Crippen molar-refractivity contribution in [1.82, 2.24) is 9.88 Å². The van der Waals surface area contributed by atoms with Crippen LogP contribution in [0.2, 0.25) is 0 Å². The van der Waals surface area contributed by atoms with Crippen molar-refractivity contribution in [2.75, 3.05) is 19.7 Å². The van der Waals surface area contributed by atoms with Gasteiger partial charge in [0, 0.05) is 24.0 Å². The summed E-state index contributed by atoms with van der Waals surface area (Å²) in [5.74, 6) is 0.00744. The lowest BCUT2D eigenvalue weighted by molar-refractivity contribution is -0.135. The molecule has 0 N–H and O–H groups in total. The van der Waals surface area contributed by atoms with Gasteiger partial charge in [-0.15, -0.1) is 0 Å². The smallest absolute Gasteiger partial charge is 0.339 e. The molecule has 5 heteroatoms. The zero-order valence-corrected chi connectivity index (χ0v) is 17.4. The van der Waals surface area contributed by atoms with Gasteiger partial charge in [-0.3, -0.25) is 4.79 Å². The average Bonchev–Trinajstić information content (AvgIpc) is 2.77. The summed E-state index contributed by atoms with van der Waals surface area (Å²) >= 11 is 0. The highest BCUT2D eigenvalue weighted by atomic mass is 16.5. The van der Waals surface area contributed by atoms with Gasteiger partial charge in [-0.05, 0) is 37.8 Å². The van der Waals surface area contributed by atoms with Crippen LogP contribution in [0.1, 0.15) is 35.7 Å². The van der Waals surface area contributed by atoms with Crippen LogP contribution in [0.25, 0.3) is 22.2 Å². The first-order valence-electron chi connectivity index (χ1n) is 10.4. The highest BCUT2D eigenvalue weighted by Gasteiger charge is 2.22. The molecular formula is C25H26N2O3. The molecule has 0 unspecified atom stereocenters. The SMILES string of the molecule is Cc1ccc(-c2cc(C(=O)OCC(=O)N3CCC(C)CC3)c3ccccc3n2)cc1. The molecule has 0 radical (unpaired) electrons. The molecule has 1 aliphatic rings. The molecule has 0 bridgehead atoms. The number of hydrogen-bond acceptors (Lipinski definition) is 4. The lowest BCUT2D eigenvalue weighted by Gasteiger charge is -2.30. The minimum Gasteiger partial charge on any atom is -0.452 e. The number of piperidine rings is 1. The van der Waals surface area contributed by atoms with Gasteiger partial charge in [0.05, 0.1) is 16.8 Å². The average molecular weight is 402 g/mol. The van der Waals surface area contributed by atoms with E-state index in [4.69, 9.17) is 9.72 Å². The fourth-order valence-electron chi connectivity index (χ4n) is 3.77. The molecule has 4 rings (SSSR count). The van der Waals surface area contributed by atoms with Crippen molar-refractivity contribution in [1.29, 1.82) is 0 Å². The summed E-state index contributed by atoms with van der Waals surface area (Å²) in [5, 5.41) is 0.720. The predicted molar refractivity (Wildman–Crippen MR) is 117 cm³/mol. The second kappa shape index (κ2) is 8.66. The third kappa shape index (κ3) is 4.35. The molecule has 0 aliphatic carbocycles. The number of aryl methyl sites for hydroxylation is 1. The Hall–Kier alpha value is -3.21. The number of carbonyl (C=O) groups excluding carboxylic acids is 2. The summed E-state index contributed by atoms with van der Waals surface area (Å²) in [7, 11) is 0. The molecule has 1 saturated heterocycles. The van der Waals surface area contributed by atoms with E-state index in [1.807, 2.05) is 55.5 Å². The van der Waals surface area contributed by atoms with Crippen LogP contribution in [-0.4, -0.2) is 41.5 Å². The minimum atomic E-state index is -0.499. The van der Waals surface area contributed by atoms with Crippen LogP contribution in [0.15, 0.2) is 54.6 Å². The van der Waals surface area contributed by atoms with E-state index in [9.17, 15) is 9.59 Å². The predicted octanol–water partition coefficient (Wildman–Crippen LogP) is 4.63. The number of amides is 1. The topological polar surface area (TPSA) is 59.5 Å². The lowest BCUT2D eigenvalue weighted by Crippen LogP contribution is -2.40. The highest BCUT2D eigenvalue weighted by Crippen LogP contribution is 2.26. The normalized spacial score (nSPS) is 14.7. The Morgan fingerprint density at radius 2 is 1.77 bits per heavy atom. The molecular weight excluding hydrogens is 376 g/mol. The minimum absolute atomic E-state index is 0.132. The fourth-order valence-corrected chi connectivity index (χ4v) is 3.77. The second-order valence-electron chi connectivity index (χ2n) is 8.08. The number of pyridine rings is 1. The van der Waals surface area contributed by atoms with Crippen LogP contribution < -0.4 is 0 Å². The standard InChI is InChI=1S/C25H26N2O3/c1-17-7-9-19(10-8-17)23-15-21(20-5-3-4-6-22(20)26-23)25(29)30-16-24(28)27-13-11-18(2)12-14-27/h3-10,15,18H,11-14,16H2,1-2H3. The van der Waals surface area contributed by atoms with E-state index in [2.05, 4.69) is 6.92 Å². The molecule has 1 aliphatic heterocycles. The lowest BCUT2D eigenvalue weighted by atomic mass is 9.99. The second-order valence-corrected chi connectivity index (χ2v) is 8.08. The number of benzene rings is 2. The molecule has 30 heavy (non-hydrogen) atoms. The summed E-state index contributed by atoms with van der Waals surface area (Å²) in [6.45, 7) is 5.45. The maximum absolute atomic E-state index is 12.9. The molecule has 0 saturated carbocycles. The number of hydrogen-bond donors (Lipinski definition) is 0. The Morgan fingerprint density at radius 1 is 1.07 bits per heavy atom. The fraction of sp³-hybridized carbons (Fsp3) is 0.320. The van der Waals surface area contributed by atoms with Gasteiger partial charge >= 0.3 is 5.97 Å². The summed E-state index contributed by atoms with van der Waals surface area (Å²) in [5.41, 5.74) is 3.94. The van der Waals surface area contributed by atoms with Gasteiger partial charge in [0.25, 0.3) is 5.91 Å². The Bertz CT molecular complexity index is 1070. The number of aromatic nitrogens is 1. The van der Waals surface area contributed by atoms with Gasteiger partial charge in [-0.1, -0.05) is 55.0 Å².